The first kappa shape index (κ1) is 22.0. The van der Waals surface area contributed by atoms with Crippen molar-refractivity contribution in [3.63, 3.8) is 0 Å². The van der Waals surface area contributed by atoms with Gasteiger partial charge in [0.15, 0.2) is 11.6 Å². The maximum Gasteiger partial charge on any atom is 0.320 e. The number of aliphatic carboxylic acids is 1. The summed E-state index contributed by atoms with van der Waals surface area (Å²) in [6.45, 7) is 0. The van der Waals surface area contributed by atoms with Crippen LogP contribution in [0.3, 0.4) is 0 Å². The monoisotopic (exact) mass is 468 g/mol. The minimum Gasteiger partial charge on any atom is -0.481 e. The van der Waals surface area contributed by atoms with Crippen LogP contribution in [0.1, 0.15) is 54.3 Å². The lowest BCUT2D eigenvalue weighted by Gasteiger charge is -2.29. The van der Waals surface area contributed by atoms with Crippen LogP contribution < -0.4 is 10.6 Å². The van der Waals surface area contributed by atoms with Crippen molar-refractivity contribution in [1.82, 2.24) is 10.2 Å². The van der Waals surface area contributed by atoms with Crippen LogP contribution in [0.4, 0.5) is 26.2 Å². The van der Waals surface area contributed by atoms with Gasteiger partial charge >= 0.3 is 23.8 Å². The van der Waals surface area contributed by atoms with Gasteiger partial charge in [-0.25, -0.2) is 8.78 Å². The largest absolute Gasteiger partial charge is 0.481 e. The number of carboxylic acid groups (broad SMARTS) is 1. The van der Waals surface area contributed by atoms with E-state index in [9.17, 15) is 23.5 Å². The number of carbonyl (C=O) groups excluding carboxylic acids is 1. The first-order valence-corrected chi connectivity index (χ1v) is 11.0. The molecule has 2 aromatic carbocycles. The first-order chi connectivity index (χ1) is 16.3. The van der Waals surface area contributed by atoms with Crippen LogP contribution in [0, 0.1) is 23.0 Å². The number of hydrogen-bond donors (Lipinski definition) is 3. The van der Waals surface area contributed by atoms with E-state index in [0.717, 1.165) is 49.8 Å². The van der Waals surface area contributed by atoms with Crippen molar-refractivity contribution in [3.8, 4) is 0 Å². The number of rotatable bonds is 6. The molecule has 1 atom stereocenters. The van der Waals surface area contributed by atoms with Crippen molar-refractivity contribution in [1.29, 1.82) is 0 Å². The van der Waals surface area contributed by atoms with Crippen molar-refractivity contribution >= 4 is 29.3 Å². The van der Waals surface area contributed by atoms with E-state index in [1.54, 1.807) is 12.1 Å². The summed E-state index contributed by atoms with van der Waals surface area (Å²) >= 11 is 0. The minimum atomic E-state index is -1.03. The summed E-state index contributed by atoms with van der Waals surface area (Å²) in [6, 6.07) is 10.6. The highest BCUT2D eigenvalue weighted by Gasteiger charge is 2.58. The van der Waals surface area contributed by atoms with E-state index in [4.69, 9.17) is 4.42 Å². The number of hydrogen-bond acceptors (Lipinski definition) is 6. The Morgan fingerprint density at radius 1 is 1.00 bits per heavy atom. The number of amides is 1. The average molecular weight is 468 g/mol. The number of nitrogens with one attached hydrogen (secondary N) is 2. The number of benzene rings is 2. The van der Waals surface area contributed by atoms with Crippen LogP contribution in [0.2, 0.25) is 0 Å². The number of carboxylic acids is 1. The van der Waals surface area contributed by atoms with E-state index >= 15 is 0 Å². The average Bonchev–Trinajstić information content (AvgIpc) is 3.32. The molecular weight excluding hydrogens is 446 g/mol. The van der Waals surface area contributed by atoms with Gasteiger partial charge in [-0.1, -0.05) is 17.2 Å². The third-order valence-corrected chi connectivity index (χ3v) is 6.90. The molecule has 0 radical (unpaired) electrons. The summed E-state index contributed by atoms with van der Waals surface area (Å²) < 4.78 is 31.6. The lowest BCUT2D eigenvalue weighted by atomic mass is 9.76. The van der Waals surface area contributed by atoms with Crippen LogP contribution in [0.5, 0.6) is 0 Å². The molecule has 176 valence electrons. The third-order valence-electron chi connectivity index (χ3n) is 6.90. The Morgan fingerprint density at radius 3 is 2.35 bits per heavy atom. The molecule has 1 spiro atoms. The zero-order chi connectivity index (χ0) is 23.9. The molecule has 2 saturated carbocycles. The summed E-state index contributed by atoms with van der Waals surface area (Å²) in [7, 11) is 0. The normalized spacial score (nSPS) is 23.5. The first-order valence-electron chi connectivity index (χ1n) is 11.0. The fourth-order valence-corrected chi connectivity index (χ4v) is 4.86. The zero-order valence-corrected chi connectivity index (χ0v) is 18.1. The Hall–Kier alpha value is -3.82. The summed E-state index contributed by atoms with van der Waals surface area (Å²) in [5, 5.41) is 21.9. The summed E-state index contributed by atoms with van der Waals surface area (Å²) in [5.41, 5.74) is 1.93. The molecule has 0 bridgehead atoms. The molecule has 3 N–H and O–H groups in total. The molecule has 3 aromatic rings. The molecule has 2 aliphatic carbocycles. The Kier molecular flexibility index (Phi) is 5.51. The molecule has 2 aliphatic rings. The molecule has 8 nitrogen and oxygen atoms in total. The van der Waals surface area contributed by atoms with Gasteiger partial charge in [-0.2, -0.15) is 0 Å². The van der Waals surface area contributed by atoms with E-state index in [1.807, 2.05) is 12.1 Å². The molecule has 5 rings (SSSR count). The van der Waals surface area contributed by atoms with Gasteiger partial charge < -0.3 is 20.2 Å². The third kappa shape index (κ3) is 4.35. The molecule has 1 unspecified atom stereocenters. The Morgan fingerprint density at radius 2 is 1.71 bits per heavy atom. The molecule has 1 aromatic heterocycles. The van der Waals surface area contributed by atoms with Crippen molar-refractivity contribution in [2.75, 3.05) is 10.6 Å². The second kappa shape index (κ2) is 8.51. The number of anilines is 3. The highest BCUT2D eigenvalue weighted by molar-refractivity contribution is 6.00. The SMILES string of the molecule is O=C(Nc1ccc(C2CCC3(CC2)CC3C(=O)O)cc1)c1nnc(Nc2ccc(F)c(F)c2)o1. The Labute approximate surface area is 193 Å². The minimum absolute atomic E-state index is 0.0128. The smallest absolute Gasteiger partial charge is 0.320 e. The van der Waals surface area contributed by atoms with Crippen LogP contribution in [0.25, 0.3) is 0 Å². The summed E-state index contributed by atoms with van der Waals surface area (Å²) in [4.78, 5) is 23.7. The maximum absolute atomic E-state index is 13.3. The van der Waals surface area contributed by atoms with Crippen molar-refractivity contribution in [2.24, 2.45) is 11.3 Å². The van der Waals surface area contributed by atoms with Gasteiger partial charge in [0, 0.05) is 17.4 Å². The van der Waals surface area contributed by atoms with Crippen molar-refractivity contribution in [2.45, 2.75) is 38.0 Å². The van der Waals surface area contributed by atoms with Gasteiger partial charge in [0.25, 0.3) is 0 Å². The van der Waals surface area contributed by atoms with Crippen molar-refractivity contribution in [3.05, 3.63) is 65.6 Å². The fourth-order valence-electron chi connectivity index (χ4n) is 4.86. The second-order valence-electron chi connectivity index (χ2n) is 8.97. The highest BCUT2D eigenvalue weighted by atomic mass is 19.2. The van der Waals surface area contributed by atoms with E-state index in [0.29, 0.717) is 11.6 Å². The molecular formula is C24H22F2N4O4. The maximum atomic E-state index is 13.3. The lowest BCUT2D eigenvalue weighted by Crippen LogP contribution is -2.18. The quantitative estimate of drug-likeness (QED) is 0.461. The van der Waals surface area contributed by atoms with E-state index in [2.05, 4.69) is 20.8 Å². The number of nitrogens with zero attached hydrogens (tertiary/aromatic N) is 2. The topological polar surface area (TPSA) is 117 Å². The van der Waals surface area contributed by atoms with Gasteiger partial charge in [0.1, 0.15) is 0 Å². The van der Waals surface area contributed by atoms with E-state index in [-0.39, 0.29) is 28.9 Å². The molecule has 0 saturated heterocycles. The van der Waals surface area contributed by atoms with Gasteiger partial charge in [-0.05, 0) is 73.3 Å². The molecule has 1 heterocycles. The fraction of sp³-hybridized carbons (Fsp3) is 0.333. The second-order valence-corrected chi connectivity index (χ2v) is 8.97. The standard InChI is InChI=1S/C24H22F2N4O4/c25-18-6-5-16(11-19(18)26)28-23-30-29-21(34-23)20(31)27-15-3-1-13(2-4-15)14-7-9-24(10-8-14)12-17(24)22(32)33/h1-6,11,14,17H,7-10,12H2,(H,27,31)(H,28,30)(H,32,33). The molecule has 2 fully saturated rings. The van der Waals surface area contributed by atoms with Crippen LogP contribution >= 0.6 is 0 Å². The molecule has 0 aliphatic heterocycles. The summed E-state index contributed by atoms with van der Waals surface area (Å²) in [5.74, 6) is -3.38. The highest BCUT2D eigenvalue weighted by Crippen LogP contribution is 2.63. The molecule has 34 heavy (non-hydrogen) atoms. The van der Waals surface area contributed by atoms with Gasteiger partial charge in [-0.15, -0.1) is 5.10 Å². The van der Waals surface area contributed by atoms with Gasteiger partial charge in [0.2, 0.25) is 0 Å². The molecule has 1 amide bonds. The van der Waals surface area contributed by atoms with Gasteiger partial charge in [0.05, 0.1) is 5.92 Å². The Balaban J connectivity index is 1.16. The summed E-state index contributed by atoms with van der Waals surface area (Å²) in [6.07, 6.45) is 4.60. The van der Waals surface area contributed by atoms with Crippen LogP contribution in [-0.4, -0.2) is 27.2 Å². The Bertz CT molecular complexity index is 1240. The number of aromatic nitrogens is 2. The number of carbonyl (C=O) groups is 2. The predicted octanol–water partition coefficient (Wildman–Crippen LogP) is 5.09. The zero-order valence-electron chi connectivity index (χ0n) is 18.1. The van der Waals surface area contributed by atoms with Gasteiger partial charge in [-0.3, -0.25) is 9.59 Å². The predicted molar refractivity (Wildman–Crippen MR) is 118 cm³/mol. The number of halogens is 2. The van der Waals surface area contributed by atoms with E-state index in [1.165, 1.54) is 6.07 Å². The van der Waals surface area contributed by atoms with Crippen molar-refractivity contribution < 1.29 is 27.9 Å². The molecule has 10 heteroatoms. The lowest BCUT2D eigenvalue weighted by molar-refractivity contribution is -0.139. The van der Waals surface area contributed by atoms with Crippen LogP contribution in [-0.2, 0) is 4.79 Å². The van der Waals surface area contributed by atoms with E-state index < -0.39 is 23.5 Å². The van der Waals surface area contributed by atoms with Crippen LogP contribution in [0.15, 0.2) is 46.9 Å².